The van der Waals surface area contributed by atoms with Crippen LogP contribution in [0.3, 0.4) is 0 Å². The number of carbonyl (C=O) groups is 3. The molecule has 2 aromatic carbocycles. The van der Waals surface area contributed by atoms with Crippen LogP contribution in [-0.4, -0.2) is 57.6 Å². The molecule has 1 atom stereocenters. The molecule has 10 heteroatoms. The maximum Gasteiger partial charge on any atom is 0.332 e. The van der Waals surface area contributed by atoms with Crippen LogP contribution >= 0.6 is 0 Å². The molecule has 1 heterocycles. The monoisotopic (exact) mass is 398 g/mol. The number of imide groups is 1. The Kier molecular flexibility index (Phi) is 5.72. The lowest BCUT2D eigenvalue weighted by Crippen LogP contribution is -2.44. The highest BCUT2D eigenvalue weighted by Crippen LogP contribution is 2.22. The van der Waals surface area contributed by atoms with Crippen LogP contribution in [0.5, 0.6) is 0 Å². The Morgan fingerprint density at radius 1 is 1.14 bits per heavy atom. The van der Waals surface area contributed by atoms with Crippen molar-refractivity contribution in [1.82, 2.24) is 9.91 Å². The van der Waals surface area contributed by atoms with E-state index < -0.39 is 30.6 Å². The summed E-state index contributed by atoms with van der Waals surface area (Å²) < 4.78 is 0. The third-order valence-corrected chi connectivity index (χ3v) is 4.47. The lowest BCUT2D eigenvalue weighted by Gasteiger charge is -2.20. The molecule has 29 heavy (non-hydrogen) atoms. The molecule has 0 spiro atoms. The average Bonchev–Trinajstić information content (AvgIpc) is 2.97. The molecule has 0 saturated carbocycles. The molecule has 150 valence electrons. The van der Waals surface area contributed by atoms with Crippen molar-refractivity contribution in [3.05, 3.63) is 76.5 Å². The smallest absolute Gasteiger partial charge is 0.332 e. The van der Waals surface area contributed by atoms with E-state index in [0.29, 0.717) is 0 Å². The quantitative estimate of drug-likeness (QED) is 0.310. The van der Waals surface area contributed by atoms with E-state index in [1.54, 1.807) is 42.5 Å². The average molecular weight is 398 g/mol. The van der Waals surface area contributed by atoms with E-state index in [2.05, 4.69) is 5.28 Å². The van der Waals surface area contributed by atoms with Gasteiger partial charge in [-0.3, -0.25) is 9.59 Å². The number of carboxylic acid groups (broad SMARTS) is 1. The number of carboxylic acids is 1. The largest absolute Gasteiger partial charge is 0.569 e. The number of fused-ring (bicyclic) bond motifs is 1. The second kappa shape index (κ2) is 8.38. The lowest BCUT2D eigenvalue weighted by atomic mass is 10.1. The summed E-state index contributed by atoms with van der Waals surface area (Å²) in [5, 5.41) is 25.7. The highest BCUT2D eigenvalue weighted by Gasteiger charge is 2.36. The zero-order valence-electron chi connectivity index (χ0n) is 15.5. The SMILES string of the molecule is CN([C@@H](Cc1ccccc1)C(=O)O)[N+]([O-])=NOCN1C(=O)c2ccccc2C1=O. The zero-order valence-corrected chi connectivity index (χ0v) is 15.5. The number of aliphatic carboxylic acids is 1. The van der Waals surface area contributed by atoms with Gasteiger partial charge in [0, 0.05) is 6.42 Å². The van der Waals surface area contributed by atoms with Gasteiger partial charge in [0.2, 0.25) is 12.0 Å². The third-order valence-electron chi connectivity index (χ3n) is 4.47. The van der Waals surface area contributed by atoms with Crippen LogP contribution in [0.25, 0.3) is 0 Å². The van der Waals surface area contributed by atoms with Gasteiger partial charge in [0.05, 0.1) is 23.1 Å². The summed E-state index contributed by atoms with van der Waals surface area (Å²) in [6, 6.07) is 13.9. The maximum atomic E-state index is 12.2. The van der Waals surface area contributed by atoms with Crippen LogP contribution in [0.4, 0.5) is 0 Å². The summed E-state index contributed by atoms with van der Waals surface area (Å²) in [5.41, 5.74) is 1.21. The molecular weight excluding hydrogens is 380 g/mol. The first kappa shape index (κ1) is 19.8. The van der Waals surface area contributed by atoms with Crippen molar-refractivity contribution < 1.29 is 29.3 Å². The molecule has 0 fully saturated rings. The normalized spacial score (nSPS) is 14.5. The minimum absolute atomic E-state index is 0.0279. The fourth-order valence-electron chi connectivity index (χ4n) is 2.88. The fourth-order valence-corrected chi connectivity index (χ4v) is 2.88. The second-order valence-electron chi connectivity index (χ2n) is 6.29. The van der Waals surface area contributed by atoms with Gasteiger partial charge in [0.25, 0.3) is 11.8 Å². The third kappa shape index (κ3) is 4.15. The predicted octanol–water partition coefficient (Wildman–Crippen LogP) is 1.68. The van der Waals surface area contributed by atoms with Crippen molar-refractivity contribution in [3.63, 3.8) is 0 Å². The molecular formula is C19H18N4O6. The van der Waals surface area contributed by atoms with Crippen molar-refractivity contribution in [2.24, 2.45) is 5.28 Å². The van der Waals surface area contributed by atoms with Crippen molar-refractivity contribution in [2.75, 3.05) is 13.8 Å². The maximum absolute atomic E-state index is 12.2. The molecule has 0 aliphatic carbocycles. The van der Waals surface area contributed by atoms with Gasteiger partial charge in [-0.2, -0.15) is 0 Å². The summed E-state index contributed by atoms with van der Waals surface area (Å²) in [4.78, 5) is 41.6. The number of nitrogens with zero attached hydrogens (tertiary/aromatic N) is 4. The van der Waals surface area contributed by atoms with Crippen LogP contribution in [-0.2, 0) is 16.1 Å². The Labute approximate surface area is 165 Å². The molecule has 0 aromatic heterocycles. The second-order valence-corrected chi connectivity index (χ2v) is 6.29. The highest BCUT2D eigenvalue weighted by atomic mass is 16.7. The molecule has 3 rings (SSSR count). The molecule has 2 amide bonds. The number of amides is 2. The Bertz CT molecular complexity index is 927. The van der Waals surface area contributed by atoms with Crippen molar-refractivity contribution in [2.45, 2.75) is 12.5 Å². The van der Waals surface area contributed by atoms with Crippen LogP contribution < -0.4 is 0 Å². The Morgan fingerprint density at radius 2 is 1.69 bits per heavy atom. The number of carbonyl (C=O) groups excluding carboxylic acids is 2. The lowest BCUT2D eigenvalue weighted by molar-refractivity contribution is -0.710. The van der Waals surface area contributed by atoms with Crippen LogP contribution in [0.2, 0.25) is 0 Å². The van der Waals surface area contributed by atoms with Crippen molar-refractivity contribution >= 4 is 17.8 Å². The van der Waals surface area contributed by atoms with E-state index in [4.69, 9.17) is 4.84 Å². The Balaban J connectivity index is 1.63. The fraction of sp³-hybridized carbons (Fsp3) is 0.211. The van der Waals surface area contributed by atoms with E-state index in [1.807, 2.05) is 0 Å². The van der Waals surface area contributed by atoms with E-state index in [0.717, 1.165) is 15.5 Å². The van der Waals surface area contributed by atoms with Crippen LogP contribution in [0.1, 0.15) is 26.3 Å². The van der Waals surface area contributed by atoms with Gasteiger partial charge in [0.1, 0.15) is 0 Å². The predicted molar refractivity (Wildman–Crippen MR) is 98.3 cm³/mol. The summed E-state index contributed by atoms with van der Waals surface area (Å²) in [5.74, 6) is -2.33. The highest BCUT2D eigenvalue weighted by molar-refractivity contribution is 6.21. The van der Waals surface area contributed by atoms with Crippen LogP contribution in [0, 0.1) is 5.21 Å². The number of hydrazine groups is 1. The molecule has 1 N–H and O–H groups in total. The van der Waals surface area contributed by atoms with Gasteiger partial charge < -0.3 is 15.2 Å². The number of benzene rings is 2. The van der Waals surface area contributed by atoms with Gasteiger partial charge in [0.15, 0.2) is 6.04 Å². The number of hydrogen-bond donors (Lipinski definition) is 1. The molecule has 1 aliphatic rings. The van der Waals surface area contributed by atoms with Gasteiger partial charge >= 0.3 is 5.97 Å². The molecule has 0 radical (unpaired) electrons. The number of likely N-dealkylation sites (N-methyl/N-ethyl adjacent to an activating group) is 1. The van der Waals surface area contributed by atoms with Gasteiger partial charge in [-0.25, -0.2) is 9.69 Å². The molecule has 2 aromatic rings. The summed E-state index contributed by atoms with van der Waals surface area (Å²) in [6.45, 7) is -0.574. The first-order valence-corrected chi connectivity index (χ1v) is 8.65. The molecule has 0 saturated heterocycles. The summed E-state index contributed by atoms with van der Waals surface area (Å²) >= 11 is 0. The first-order valence-electron chi connectivity index (χ1n) is 8.65. The number of hydrogen-bond acceptors (Lipinski definition) is 6. The molecule has 0 bridgehead atoms. The summed E-state index contributed by atoms with van der Waals surface area (Å²) in [7, 11) is 1.25. The molecule has 10 nitrogen and oxygen atoms in total. The minimum atomic E-state index is -1.22. The molecule has 0 unspecified atom stereocenters. The first-order chi connectivity index (χ1) is 13.9. The van der Waals surface area contributed by atoms with E-state index in [9.17, 15) is 24.7 Å². The summed E-state index contributed by atoms with van der Waals surface area (Å²) in [6.07, 6.45) is 0.0688. The zero-order chi connectivity index (χ0) is 21.0. The number of rotatable bonds is 8. The van der Waals surface area contributed by atoms with E-state index >= 15 is 0 Å². The van der Waals surface area contributed by atoms with E-state index in [1.165, 1.54) is 19.2 Å². The topological polar surface area (TPSA) is 126 Å². The Hall–Kier alpha value is -3.95. The van der Waals surface area contributed by atoms with Gasteiger partial charge in [-0.15, -0.1) is 5.01 Å². The van der Waals surface area contributed by atoms with Crippen LogP contribution in [0.15, 0.2) is 59.9 Å². The van der Waals surface area contributed by atoms with Gasteiger partial charge in [-0.1, -0.05) is 42.5 Å². The van der Waals surface area contributed by atoms with Crippen molar-refractivity contribution in [1.29, 1.82) is 0 Å². The Morgan fingerprint density at radius 3 is 2.24 bits per heavy atom. The van der Waals surface area contributed by atoms with Gasteiger partial charge in [-0.05, 0) is 17.7 Å². The van der Waals surface area contributed by atoms with E-state index in [-0.39, 0.29) is 22.5 Å². The standard InChI is InChI=1S/C19H18N4O6/c1-21(16(19(26)27)11-13-7-3-2-4-8-13)23(28)20-29-12-22-17(24)14-9-5-6-10-15(14)18(22)25/h2-10,16H,11-12H2,1H3,(H,26,27)/t16-/m0/s1. The molecule has 1 aliphatic heterocycles. The van der Waals surface area contributed by atoms with Crippen molar-refractivity contribution in [3.8, 4) is 0 Å². The minimum Gasteiger partial charge on any atom is -0.569 e.